The van der Waals surface area contributed by atoms with Crippen LogP contribution >= 0.6 is 0 Å². The highest BCUT2D eigenvalue weighted by Crippen LogP contribution is 2.26. The van der Waals surface area contributed by atoms with Gasteiger partial charge in [-0.1, -0.05) is 26.0 Å². The molecule has 152 valence electrons. The van der Waals surface area contributed by atoms with Gasteiger partial charge in [0.05, 0.1) is 4.90 Å². The van der Waals surface area contributed by atoms with Gasteiger partial charge in [-0.2, -0.15) is 0 Å². The van der Waals surface area contributed by atoms with Gasteiger partial charge < -0.3 is 4.74 Å². The van der Waals surface area contributed by atoms with Gasteiger partial charge in [-0.3, -0.25) is 4.72 Å². The lowest BCUT2D eigenvalue weighted by atomic mass is 10.0. The van der Waals surface area contributed by atoms with Crippen LogP contribution in [0.4, 0.5) is 14.6 Å². The Morgan fingerprint density at radius 2 is 1.69 bits per heavy atom. The Morgan fingerprint density at radius 1 is 1.03 bits per heavy atom. The maximum Gasteiger partial charge on any atom is 0.263 e. The average molecular weight is 418 g/mol. The minimum atomic E-state index is -3.89. The fourth-order valence-corrected chi connectivity index (χ4v) is 3.68. The number of aromatic nitrogens is 1. The summed E-state index contributed by atoms with van der Waals surface area (Å²) in [6, 6.07) is 12.7. The molecule has 0 aliphatic heterocycles. The van der Waals surface area contributed by atoms with E-state index in [9.17, 15) is 17.2 Å². The summed E-state index contributed by atoms with van der Waals surface area (Å²) in [5, 5.41) is 0. The van der Waals surface area contributed by atoms with Crippen LogP contribution in [0, 0.1) is 11.6 Å². The first-order valence-corrected chi connectivity index (χ1v) is 10.4. The van der Waals surface area contributed by atoms with Gasteiger partial charge >= 0.3 is 0 Å². The molecule has 0 saturated heterocycles. The van der Waals surface area contributed by atoms with Crippen LogP contribution in [0.15, 0.2) is 65.7 Å². The molecule has 3 aromatic rings. The summed E-state index contributed by atoms with van der Waals surface area (Å²) >= 11 is 0. The van der Waals surface area contributed by atoms with Crippen LogP contribution in [-0.4, -0.2) is 13.4 Å². The molecular weight excluding hydrogens is 398 g/mol. The SMILES string of the molecule is CC(C)c1ccc(S(=O)(=O)Nc2ncccc2OCc2cc(F)cc(F)c2)cc1. The Balaban J connectivity index is 1.79. The molecule has 1 heterocycles. The predicted molar refractivity (Wildman–Crippen MR) is 106 cm³/mol. The van der Waals surface area contributed by atoms with Gasteiger partial charge in [0, 0.05) is 12.3 Å². The lowest BCUT2D eigenvalue weighted by Gasteiger charge is -2.13. The van der Waals surface area contributed by atoms with Gasteiger partial charge in [0.2, 0.25) is 0 Å². The van der Waals surface area contributed by atoms with E-state index in [1.807, 2.05) is 13.8 Å². The van der Waals surface area contributed by atoms with Crippen molar-refractivity contribution in [2.24, 2.45) is 0 Å². The van der Waals surface area contributed by atoms with Crippen LogP contribution in [0.2, 0.25) is 0 Å². The minimum Gasteiger partial charge on any atom is -0.485 e. The molecule has 0 spiro atoms. The molecule has 8 heteroatoms. The zero-order valence-corrected chi connectivity index (χ0v) is 16.7. The monoisotopic (exact) mass is 418 g/mol. The second-order valence-electron chi connectivity index (χ2n) is 6.75. The third-order valence-corrected chi connectivity index (χ3v) is 5.53. The molecule has 0 radical (unpaired) electrons. The van der Waals surface area contributed by atoms with E-state index >= 15 is 0 Å². The van der Waals surface area contributed by atoms with E-state index in [-0.39, 0.29) is 34.6 Å². The topological polar surface area (TPSA) is 68.3 Å². The van der Waals surface area contributed by atoms with Crippen molar-refractivity contribution in [3.8, 4) is 5.75 Å². The van der Waals surface area contributed by atoms with E-state index in [4.69, 9.17) is 4.74 Å². The largest absolute Gasteiger partial charge is 0.485 e. The third-order valence-electron chi connectivity index (χ3n) is 4.18. The van der Waals surface area contributed by atoms with E-state index in [2.05, 4.69) is 9.71 Å². The van der Waals surface area contributed by atoms with E-state index in [0.29, 0.717) is 0 Å². The van der Waals surface area contributed by atoms with Crippen LogP contribution in [0.1, 0.15) is 30.9 Å². The third kappa shape index (κ3) is 5.29. The molecule has 0 bridgehead atoms. The highest BCUT2D eigenvalue weighted by molar-refractivity contribution is 7.92. The summed E-state index contributed by atoms with van der Waals surface area (Å²) in [5.74, 6) is -1.04. The number of halogens is 2. The van der Waals surface area contributed by atoms with Crippen molar-refractivity contribution < 1.29 is 21.9 Å². The lowest BCUT2D eigenvalue weighted by molar-refractivity contribution is 0.305. The maximum absolute atomic E-state index is 13.3. The zero-order chi connectivity index (χ0) is 21.0. The molecule has 3 rings (SSSR count). The molecule has 29 heavy (non-hydrogen) atoms. The Kier molecular flexibility index (Phi) is 6.12. The maximum atomic E-state index is 13.3. The summed E-state index contributed by atoms with van der Waals surface area (Å²) in [7, 11) is -3.89. The second kappa shape index (κ2) is 8.57. The molecular formula is C21H20F2N2O3S. The Morgan fingerprint density at radius 3 is 2.31 bits per heavy atom. The molecule has 0 saturated carbocycles. The number of sulfonamides is 1. The molecule has 0 aliphatic carbocycles. The molecule has 0 amide bonds. The summed E-state index contributed by atoms with van der Waals surface area (Å²) in [6.07, 6.45) is 1.41. The van der Waals surface area contributed by atoms with Gasteiger partial charge in [-0.05, 0) is 53.4 Å². The number of anilines is 1. The van der Waals surface area contributed by atoms with Crippen molar-refractivity contribution >= 4 is 15.8 Å². The molecule has 0 fully saturated rings. The number of hydrogen-bond donors (Lipinski definition) is 1. The number of ether oxygens (including phenoxy) is 1. The van der Waals surface area contributed by atoms with Crippen molar-refractivity contribution in [2.45, 2.75) is 31.3 Å². The van der Waals surface area contributed by atoms with Crippen molar-refractivity contribution in [1.82, 2.24) is 4.98 Å². The fourth-order valence-electron chi connectivity index (χ4n) is 2.66. The van der Waals surface area contributed by atoms with Gasteiger partial charge in [-0.25, -0.2) is 22.2 Å². The van der Waals surface area contributed by atoms with Crippen molar-refractivity contribution in [3.63, 3.8) is 0 Å². The van der Waals surface area contributed by atoms with Crippen molar-refractivity contribution in [1.29, 1.82) is 0 Å². The number of benzene rings is 2. The van der Waals surface area contributed by atoms with Crippen molar-refractivity contribution in [3.05, 3.63) is 83.6 Å². The average Bonchev–Trinajstić information content (AvgIpc) is 2.66. The number of pyridine rings is 1. The van der Waals surface area contributed by atoms with Crippen LogP contribution in [0.3, 0.4) is 0 Å². The first kappa shape index (κ1) is 20.7. The Hall–Kier alpha value is -3.00. The van der Waals surface area contributed by atoms with Crippen LogP contribution < -0.4 is 9.46 Å². The molecule has 2 aromatic carbocycles. The molecule has 0 unspecified atom stereocenters. The number of rotatable bonds is 7. The zero-order valence-electron chi connectivity index (χ0n) is 15.9. The highest BCUT2D eigenvalue weighted by atomic mass is 32.2. The lowest BCUT2D eigenvalue weighted by Crippen LogP contribution is -2.15. The summed E-state index contributed by atoms with van der Waals surface area (Å²) < 4.78 is 60.0. The van der Waals surface area contributed by atoms with Crippen LogP contribution in [0.5, 0.6) is 5.75 Å². The van der Waals surface area contributed by atoms with Gasteiger partial charge in [0.15, 0.2) is 11.6 Å². The first-order chi connectivity index (χ1) is 13.7. The summed E-state index contributed by atoms with van der Waals surface area (Å²) in [4.78, 5) is 4.11. The van der Waals surface area contributed by atoms with E-state index in [1.165, 1.54) is 24.4 Å². The highest BCUT2D eigenvalue weighted by Gasteiger charge is 2.18. The van der Waals surface area contributed by atoms with Gasteiger partial charge in [0.25, 0.3) is 10.0 Å². The predicted octanol–water partition coefficient (Wildman–Crippen LogP) is 4.86. The number of nitrogens with zero attached hydrogens (tertiary/aromatic N) is 1. The molecule has 5 nitrogen and oxygen atoms in total. The quantitative estimate of drug-likeness (QED) is 0.595. The number of hydrogen-bond acceptors (Lipinski definition) is 4. The first-order valence-electron chi connectivity index (χ1n) is 8.90. The summed E-state index contributed by atoms with van der Waals surface area (Å²) in [6.45, 7) is 3.88. The smallest absolute Gasteiger partial charge is 0.263 e. The molecule has 0 atom stereocenters. The molecule has 1 aromatic heterocycles. The second-order valence-corrected chi connectivity index (χ2v) is 8.43. The van der Waals surface area contributed by atoms with E-state index < -0.39 is 21.7 Å². The minimum absolute atomic E-state index is 0.0164. The fraction of sp³-hybridized carbons (Fsp3) is 0.190. The normalized spacial score (nSPS) is 11.5. The van der Waals surface area contributed by atoms with E-state index in [1.54, 1.807) is 18.2 Å². The van der Waals surface area contributed by atoms with Crippen LogP contribution in [-0.2, 0) is 16.6 Å². The van der Waals surface area contributed by atoms with E-state index in [0.717, 1.165) is 23.8 Å². The Bertz CT molecular complexity index is 1080. The Labute approximate surface area is 168 Å². The standard InChI is InChI=1S/C21H20F2N2O3S/c1-14(2)16-5-7-19(8-6-16)29(26,27)25-21-20(4-3-9-24-21)28-13-15-10-17(22)12-18(23)11-15/h3-12,14H,13H2,1-2H3,(H,24,25). The van der Waals surface area contributed by atoms with Crippen LogP contribution in [0.25, 0.3) is 0 Å². The molecule has 0 aliphatic rings. The molecule has 1 N–H and O–H groups in total. The van der Waals surface area contributed by atoms with Crippen molar-refractivity contribution in [2.75, 3.05) is 4.72 Å². The number of nitrogens with one attached hydrogen (secondary N) is 1. The summed E-state index contributed by atoms with van der Waals surface area (Å²) in [5.41, 5.74) is 1.29. The van der Waals surface area contributed by atoms with Gasteiger partial charge in [-0.15, -0.1) is 0 Å². The van der Waals surface area contributed by atoms with Gasteiger partial charge in [0.1, 0.15) is 18.2 Å².